The van der Waals surface area contributed by atoms with Gasteiger partial charge in [0.15, 0.2) is 5.56 Å². The Morgan fingerprint density at radius 1 is 1.50 bits per heavy atom. The van der Waals surface area contributed by atoms with E-state index in [9.17, 15) is 4.79 Å². The lowest BCUT2D eigenvalue weighted by Gasteiger charge is -2.06. The molecule has 4 nitrogen and oxygen atoms in total. The van der Waals surface area contributed by atoms with E-state index in [2.05, 4.69) is 4.74 Å². The Kier molecular flexibility index (Phi) is 7.14. The fourth-order valence-electron chi connectivity index (χ4n) is 0.513. The maximum atomic E-state index is 10.7. The number of ether oxygens (including phenoxy) is 3. The third-order valence-corrected chi connectivity index (χ3v) is 1.03. The highest BCUT2D eigenvalue weighted by atomic mass is 35.5. The highest BCUT2D eigenvalue weighted by Gasteiger charge is 2.05. The van der Waals surface area contributed by atoms with Gasteiger partial charge in [-0.15, -0.1) is 0 Å². The summed E-state index contributed by atoms with van der Waals surface area (Å²) in [5, 5.41) is 0. The lowest BCUT2D eigenvalue weighted by Crippen LogP contribution is -2.17. The molecule has 0 fully saturated rings. The molecular weight excluding hydrogens is 184 g/mol. The van der Waals surface area contributed by atoms with Gasteiger partial charge in [0, 0.05) is 7.11 Å². The molecule has 0 N–H and O–H groups in total. The van der Waals surface area contributed by atoms with Crippen LogP contribution in [0.25, 0.3) is 0 Å². The van der Waals surface area contributed by atoms with Gasteiger partial charge in [-0.1, -0.05) is 11.6 Å². The van der Waals surface area contributed by atoms with Gasteiger partial charge < -0.3 is 14.2 Å². The summed E-state index contributed by atoms with van der Waals surface area (Å²) < 4.78 is 14.2. The number of rotatable bonds is 6. The largest absolute Gasteiger partial charge is 0.445 e. The molecule has 0 rings (SSSR count). The van der Waals surface area contributed by atoms with E-state index in [0.29, 0.717) is 13.2 Å². The minimum atomic E-state index is -0.608. The van der Waals surface area contributed by atoms with E-state index >= 15 is 0 Å². The van der Waals surface area contributed by atoms with Crippen LogP contribution in [0.2, 0.25) is 0 Å². The lowest BCUT2D eigenvalue weighted by molar-refractivity contribution is -0.150. The Morgan fingerprint density at radius 3 is 2.67 bits per heavy atom. The number of esters is 1. The monoisotopic (exact) mass is 196 g/mol. The van der Waals surface area contributed by atoms with Gasteiger partial charge in [-0.3, -0.25) is 0 Å². The molecule has 0 aromatic rings. The highest BCUT2D eigenvalue weighted by molar-refractivity contribution is 6.19. The molecule has 5 heteroatoms. The minimum absolute atomic E-state index is 0.0829. The first-order valence-corrected chi connectivity index (χ1v) is 4.00. The topological polar surface area (TPSA) is 44.8 Å². The second kappa shape index (κ2) is 7.34. The Bertz CT molecular complexity index is 127. The second-order valence-electron chi connectivity index (χ2n) is 2.08. The minimum Gasteiger partial charge on any atom is -0.445 e. The lowest BCUT2D eigenvalue weighted by atomic mass is 10.7. The molecule has 0 bridgehead atoms. The Labute approximate surface area is 76.7 Å². The molecule has 0 saturated carbocycles. The average molecular weight is 197 g/mol. The summed E-state index contributed by atoms with van der Waals surface area (Å²) in [5.41, 5.74) is -0.608. The number of carbonyl (C=O) groups excluding carboxylic acids is 1. The number of hydrogen-bond donors (Lipinski definition) is 0. The molecular formula is C7H13ClO4. The van der Waals surface area contributed by atoms with E-state index in [0.717, 1.165) is 0 Å². The molecule has 0 spiro atoms. The van der Waals surface area contributed by atoms with E-state index in [1.54, 1.807) is 14.0 Å². The summed E-state index contributed by atoms with van der Waals surface area (Å²) in [4.78, 5) is 10.7. The van der Waals surface area contributed by atoms with E-state index in [1.165, 1.54) is 0 Å². The molecule has 0 aliphatic heterocycles. The zero-order chi connectivity index (χ0) is 9.40. The highest BCUT2D eigenvalue weighted by Crippen LogP contribution is 1.96. The van der Waals surface area contributed by atoms with Crippen molar-refractivity contribution in [2.75, 3.05) is 26.9 Å². The van der Waals surface area contributed by atoms with Crippen molar-refractivity contribution in [1.82, 2.24) is 0 Å². The van der Waals surface area contributed by atoms with E-state index < -0.39 is 11.5 Å². The molecule has 0 aliphatic rings. The average Bonchev–Trinajstić information content (AvgIpc) is 1.97. The van der Waals surface area contributed by atoms with Gasteiger partial charge in [0.2, 0.25) is 0 Å². The first-order valence-electron chi connectivity index (χ1n) is 3.57. The molecule has 0 aliphatic carbocycles. The number of halogens is 1. The summed E-state index contributed by atoms with van der Waals surface area (Å²) >= 11 is 5.39. The van der Waals surface area contributed by atoms with Crippen molar-refractivity contribution in [2.24, 2.45) is 0 Å². The summed E-state index contributed by atoms with van der Waals surface area (Å²) in [6.07, 6.45) is 0. The van der Waals surface area contributed by atoms with Gasteiger partial charge in [0.25, 0.3) is 0 Å². The van der Waals surface area contributed by atoms with Crippen molar-refractivity contribution in [3.8, 4) is 0 Å². The second-order valence-corrected chi connectivity index (χ2v) is 2.69. The molecule has 0 amide bonds. The van der Waals surface area contributed by atoms with Crippen LogP contribution in [0.4, 0.5) is 0 Å². The van der Waals surface area contributed by atoms with Crippen molar-refractivity contribution >= 4 is 17.6 Å². The van der Waals surface area contributed by atoms with Crippen molar-refractivity contribution in [3.63, 3.8) is 0 Å². The third kappa shape index (κ3) is 7.78. The molecule has 0 heterocycles. The van der Waals surface area contributed by atoms with Crippen LogP contribution in [0.3, 0.4) is 0 Å². The predicted octanol–water partition coefficient (Wildman–Crippen LogP) is 0.777. The van der Waals surface area contributed by atoms with Gasteiger partial charge in [0.05, 0.1) is 13.2 Å². The molecule has 72 valence electrons. The van der Waals surface area contributed by atoms with Crippen LogP contribution in [0.15, 0.2) is 0 Å². The smallest absolute Gasteiger partial charge is 0.333 e. The maximum Gasteiger partial charge on any atom is 0.333 e. The SMILES string of the molecule is COCCOCC(=O)OC(C)Cl. The van der Waals surface area contributed by atoms with Crippen LogP contribution in [0.5, 0.6) is 0 Å². The molecule has 12 heavy (non-hydrogen) atoms. The maximum absolute atomic E-state index is 10.7. The van der Waals surface area contributed by atoms with E-state index in [1.807, 2.05) is 0 Å². The van der Waals surface area contributed by atoms with Crippen molar-refractivity contribution in [3.05, 3.63) is 0 Å². The van der Waals surface area contributed by atoms with Gasteiger partial charge in [-0.2, -0.15) is 0 Å². The molecule has 1 unspecified atom stereocenters. The molecule has 0 saturated heterocycles. The van der Waals surface area contributed by atoms with Gasteiger partial charge in [0.1, 0.15) is 6.61 Å². The summed E-state index contributed by atoms with van der Waals surface area (Å²) in [6, 6.07) is 0. The third-order valence-electron chi connectivity index (χ3n) is 0.946. The van der Waals surface area contributed by atoms with Gasteiger partial charge in [-0.05, 0) is 6.92 Å². The van der Waals surface area contributed by atoms with Crippen LogP contribution in [-0.2, 0) is 19.0 Å². The fraction of sp³-hybridized carbons (Fsp3) is 0.857. The van der Waals surface area contributed by atoms with Crippen LogP contribution in [0, 0.1) is 0 Å². The van der Waals surface area contributed by atoms with Crippen molar-refractivity contribution < 1.29 is 19.0 Å². The normalized spacial score (nSPS) is 12.6. The van der Waals surface area contributed by atoms with E-state index in [-0.39, 0.29) is 6.61 Å². The Hall–Kier alpha value is -0.320. The molecule has 0 aromatic carbocycles. The number of hydrogen-bond acceptors (Lipinski definition) is 4. The van der Waals surface area contributed by atoms with E-state index in [4.69, 9.17) is 21.1 Å². The fourth-order valence-corrected chi connectivity index (χ4v) is 0.612. The first-order chi connectivity index (χ1) is 5.66. The Balaban J connectivity index is 3.20. The quantitative estimate of drug-likeness (QED) is 0.358. The molecule has 1 atom stereocenters. The van der Waals surface area contributed by atoms with Crippen LogP contribution in [0.1, 0.15) is 6.92 Å². The van der Waals surface area contributed by atoms with Crippen molar-refractivity contribution in [2.45, 2.75) is 12.5 Å². The summed E-state index contributed by atoms with van der Waals surface area (Å²) in [7, 11) is 1.56. The summed E-state index contributed by atoms with van der Waals surface area (Å²) in [5.74, 6) is -0.464. The zero-order valence-electron chi connectivity index (χ0n) is 7.21. The molecule has 0 radical (unpaired) electrons. The number of alkyl halides is 1. The van der Waals surface area contributed by atoms with Gasteiger partial charge in [-0.25, -0.2) is 4.79 Å². The predicted molar refractivity (Wildman–Crippen MR) is 44.1 cm³/mol. The standard InChI is InChI=1S/C7H13ClO4/c1-6(8)12-7(9)5-11-4-3-10-2/h6H,3-5H2,1-2H3. The zero-order valence-corrected chi connectivity index (χ0v) is 7.97. The number of methoxy groups -OCH3 is 1. The number of carbonyl (C=O) groups is 1. The van der Waals surface area contributed by atoms with Crippen LogP contribution < -0.4 is 0 Å². The molecule has 0 aromatic heterocycles. The van der Waals surface area contributed by atoms with Crippen LogP contribution in [-0.4, -0.2) is 38.5 Å². The first kappa shape index (κ1) is 11.7. The van der Waals surface area contributed by atoms with Crippen LogP contribution >= 0.6 is 11.6 Å². The summed E-state index contributed by atoms with van der Waals surface area (Å²) in [6.45, 7) is 2.32. The van der Waals surface area contributed by atoms with Gasteiger partial charge >= 0.3 is 5.97 Å². The van der Waals surface area contributed by atoms with Crippen molar-refractivity contribution in [1.29, 1.82) is 0 Å². The Morgan fingerprint density at radius 2 is 2.17 bits per heavy atom.